The number of nitrogens with one attached hydrogen (secondary N) is 1. The lowest BCUT2D eigenvalue weighted by molar-refractivity contribution is -0.160. The summed E-state index contributed by atoms with van der Waals surface area (Å²) >= 11 is 3.14. The number of hydrogen-bond donors (Lipinski definition) is 1. The first-order valence-corrected chi connectivity index (χ1v) is 12.4. The zero-order valence-corrected chi connectivity index (χ0v) is 21.1. The lowest BCUT2D eigenvalue weighted by atomic mass is 9.88. The van der Waals surface area contributed by atoms with Crippen molar-refractivity contribution >= 4 is 56.0 Å². The highest BCUT2D eigenvalue weighted by Crippen LogP contribution is 2.57. The van der Waals surface area contributed by atoms with Crippen LogP contribution in [0.4, 0.5) is 32.0 Å². The molecule has 1 atom stereocenters. The second-order valence-electron chi connectivity index (χ2n) is 8.40. The van der Waals surface area contributed by atoms with Gasteiger partial charge in [-0.05, 0) is 65.2 Å². The third-order valence-corrected chi connectivity index (χ3v) is 7.53. The predicted molar refractivity (Wildman–Crippen MR) is 133 cm³/mol. The Morgan fingerprint density at radius 2 is 1.83 bits per heavy atom. The van der Waals surface area contributed by atoms with Crippen LogP contribution in [0.3, 0.4) is 0 Å². The first kappa shape index (κ1) is 26.5. The summed E-state index contributed by atoms with van der Waals surface area (Å²) in [7, 11) is 0. The molecule has 36 heavy (non-hydrogen) atoms. The number of carbonyl (C=O) groups is 1. The minimum atomic E-state index is -4.87. The number of benzene rings is 3. The molecule has 1 N–H and O–H groups in total. The van der Waals surface area contributed by atoms with Gasteiger partial charge in [-0.3, -0.25) is 4.79 Å². The molecular formula is C25H19BrF6N2OS. The lowest BCUT2D eigenvalue weighted by Crippen LogP contribution is -2.39. The molecule has 0 saturated carbocycles. The van der Waals surface area contributed by atoms with Gasteiger partial charge in [-0.1, -0.05) is 47.1 Å². The van der Waals surface area contributed by atoms with Gasteiger partial charge in [0.25, 0.3) is 0 Å². The average molecular weight is 589 g/mol. The average Bonchev–Trinajstić information content (AvgIpc) is 3.25. The number of carbonyl (C=O) groups excluding carboxylic acids is 1. The molecule has 1 unspecified atom stereocenters. The van der Waals surface area contributed by atoms with Crippen molar-refractivity contribution in [2.45, 2.75) is 43.3 Å². The molecule has 0 aliphatic carbocycles. The molecule has 0 fully saturated rings. The van der Waals surface area contributed by atoms with Crippen molar-refractivity contribution in [3.8, 4) is 0 Å². The second-order valence-corrected chi connectivity index (χ2v) is 10.4. The Morgan fingerprint density at radius 1 is 1.08 bits per heavy atom. The number of nitrogens with zero attached hydrogens (tertiary/aromatic N) is 1. The van der Waals surface area contributed by atoms with Gasteiger partial charge in [0.2, 0.25) is 5.91 Å². The molecule has 4 rings (SSSR count). The van der Waals surface area contributed by atoms with Crippen LogP contribution in [-0.4, -0.2) is 17.8 Å². The Balaban J connectivity index is 1.71. The number of anilines is 1. The molecule has 0 saturated heterocycles. The van der Waals surface area contributed by atoms with E-state index >= 15 is 0 Å². The van der Waals surface area contributed by atoms with Crippen LogP contribution < -0.4 is 5.32 Å². The van der Waals surface area contributed by atoms with Crippen LogP contribution in [-0.2, 0) is 15.7 Å². The predicted octanol–water partition coefficient (Wildman–Crippen LogP) is 8.66. The molecule has 1 heterocycles. The lowest BCUT2D eigenvalue weighted by Gasteiger charge is -2.31. The summed E-state index contributed by atoms with van der Waals surface area (Å²) in [6.45, 7) is 1.88. The van der Waals surface area contributed by atoms with E-state index in [0.29, 0.717) is 40.9 Å². The van der Waals surface area contributed by atoms with Gasteiger partial charge in [0.05, 0.1) is 11.3 Å². The molecule has 0 bridgehead atoms. The Labute approximate surface area is 215 Å². The number of rotatable bonds is 5. The van der Waals surface area contributed by atoms with Gasteiger partial charge >= 0.3 is 12.4 Å². The highest BCUT2D eigenvalue weighted by atomic mass is 79.9. The molecule has 1 aliphatic rings. The quantitative estimate of drug-likeness (QED) is 0.239. The molecule has 190 valence electrons. The standard InChI is InChI=1S/C25H19BrF6N2OS/c1-2-4-22(35)33-20-6-3-5-14-9-15(7-8-19(14)20)21-13-23(36-34-21,25(30,31)32)16-10-17(24(27,28)29)12-18(26)11-16/h3,5-12H,2,4,13H2,1H3,(H,33,35). The van der Waals surface area contributed by atoms with Crippen LogP contribution in [0.1, 0.15) is 42.9 Å². The van der Waals surface area contributed by atoms with Crippen molar-refractivity contribution in [1.29, 1.82) is 0 Å². The first-order valence-electron chi connectivity index (χ1n) is 10.9. The highest BCUT2D eigenvalue weighted by Gasteiger charge is 2.60. The van der Waals surface area contributed by atoms with E-state index in [9.17, 15) is 31.1 Å². The summed E-state index contributed by atoms with van der Waals surface area (Å²) in [6, 6.07) is 12.5. The van der Waals surface area contributed by atoms with Gasteiger partial charge in [-0.25, -0.2) is 4.40 Å². The summed E-state index contributed by atoms with van der Waals surface area (Å²) in [5.41, 5.74) is -0.578. The molecule has 3 nitrogen and oxygen atoms in total. The number of fused-ring (bicyclic) bond motifs is 1. The van der Waals surface area contributed by atoms with E-state index in [2.05, 4.69) is 25.6 Å². The maximum absolute atomic E-state index is 14.4. The van der Waals surface area contributed by atoms with Crippen LogP contribution in [0.25, 0.3) is 10.8 Å². The van der Waals surface area contributed by atoms with Crippen molar-refractivity contribution in [2.24, 2.45) is 4.40 Å². The van der Waals surface area contributed by atoms with E-state index in [-0.39, 0.29) is 28.0 Å². The number of hydrogen-bond acceptors (Lipinski definition) is 3. The van der Waals surface area contributed by atoms with Crippen molar-refractivity contribution in [3.05, 3.63) is 75.8 Å². The third kappa shape index (κ3) is 5.13. The monoisotopic (exact) mass is 588 g/mol. The van der Waals surface area contributed by atoms with Gasteiger partial charge in [0.15, 0.2) is 4.75 Å². The van der Waals surface area contributed by atoms with Crippen LogP contribution >= 0.6 is 27.9 Å². The van der Waals surface area contributed by atoms with Gasteiger partial charge < -0.3 is 5.32 Å². The highest BCUT2D eigenvalue weighted by molar-refractivity contribution is 9.10. The molecule has 1 aliphatic heterocycles. The maximum Gasteiger partial charge on any atom is 0.416 e. The summed E-state index contributed by atoms with van der Waals surface area (Å²) in [6.07, 6.45) is -9.27. The Morgan fingerprint density at radius 3 is 2.50 bits per heavy atom. The molecular weight excluding hydrogens is 570 g/mol. The Bertz CT molecular complexity index is 1350. The zero-order chi connectivity index (χ0) is 26.3. The van der Waals surface area contributed by atoms with E-state index in [1.54, 1.807) is 36.4 Å². The molecule has 0 aromatic heterocycles. The largest absolute Gasteiger partial charge is 0.416 e. The number of amides is 1. The minimum absolute atomic E-state index is 0.103. The molecule has 0 spiro atoms. The van der Waals surface area contributed by atoms with Crippen LogP contribution in [0, 0.1) is 0 Å². The van der Waals surface area contributed by atoms with Gasteiger partial charge in [0.1, 0.15) is 0 Å². The van der Waals surface area contributed by atoms with E-state index in [4.69, 9.17) is 0 Å². The molecule has 11 heteroatoms. The number of halogens is 7. The SMILES string of the molecule is CCCC(=O)Nc1cccc2cc(C3=NSC(c4cc(Br)cc(C(F)(F)F)c4)(C(F)(F)F)C3)ccc12. The van der Waals surface area contributed by atoms with Gasteiger partial charge in [-0.15, -0.1) is 0 Å². The summed E-state index contributed by atoms with van der Waals surface area (Å²) in [4.78, 5) is 12.0. The van der Waals surface area contributed by atoms with Crippen LogP contribution in [0.2, 0.25) is 0 Å². The Hall–Kier alpha value is -2.53. The van der Waals surface area contributed by atoms with Crippen molar-refractivity contribution in [2.75, 3.05) is 5.32 Å². The summed E-state index contributed by atoms with van der Waals surface area (Å²) in [5, 5.41) is 4.22. The smallest absolute Gasteiger partial charge is 0.326 e. The molecule has 3 aromatic rings. The third-order valence-electron chi connectivity index (χ3n) is 5.84. The fourth-order valence-corrected chi connectivity index (χ4v) is 5.51. The fourth-order valence-electron chi connectivity index (χ4n) is 4.06. The molecule has 1 amide bonds. The normalized spacial score (nSPS) is 18.4. The summed E-state index contributed by atoms with van der Waals surface area (Å²) < 4.78 is 84.5. The van der Waals surface area contributed by atoms with Crippen molar-refractivity contribution in [3.63, 3.8) is 0 Å². The fraction of sp³-hybridized carbons (Fsp3) is 0.280. The van der Waals surface area contributed by atoms with Crippen molar-refractivity contribution in [1.82, 2.24) is 0 Å². The number of alkyl halides is 6. The van der Waals surface area contributed by atoms with Crippen LogP contribution in [0.15, 0.2) is 63.5 Å². The van der Waals surface area contributed by atoms with Gasteiger partial charge in [-0.2, -0.15) is 26.3 Å². The van der Waals surface area contributed by atoms with Crippen molar-refractivity contribution < 1.29 is 31.1 Å². The van der Waals surface area contributed by atoms with Crippen LogP contribution in [0.5, 0.6) is 0 Å². The van der Waals surface area contributed by atoms with E-state index < -0.39 is 34.6 Å². The topological polar surface area (TPSA) is 41.5 Å². The first-order chi connectivity index (χ1) is 16.8. The van der Waals surface area contributed by atoms with E-state index in [0.717, 1.165) is 12.1 Å². The maximum atomic E-state index is 14.4. The second kappa shape index (κ2) is 9.74. The van der Waals surface area contributed by atoms with Gasteiger partial charge in [0, 0.05) is 28.4 Å². The Kier molecular flexibility index (Phi) is 7.18. The zero-order valence-electron chi connectivity index (χ0n) is 18.7. The molecule has 3 aromatic carbocycles. The summed E-state index contributed by atoms with van der Waals surface area (Å²) in [5.74, 6) is -0.146. The minimum Gasteiger partial charge on any atom is -0.326 e. The molecule has 0 radical (unpaired) electrons. The van der Waals surface area contributed by atoms with E-state index in [1.165, 1.54) is 0 Å². The van der Waals surface area contributed by atoms with E-state index in [1.807, 2.05) is 6.92 Å².